The van der Waals surface area contributed by atoms with Gasteiger partial charge in [-0.3, -0.25) is 9.78 Å². The van der Waals surface area contributed by atoms with Crippen LogP contribution in [0, 0.1) is 5.92 Å². The lowest BCUT2D eigenvalue weighted by atomic mass is 10.1. The maximum atomic E-state index is 12.0. The van der Waals surface area contributed by atoms with E-state index in [1.807, 2.05) is 30.3 Å². The monoisotopic (exact) mass is 337 g/mol. The summed E-state index contributed by atoms with van der Waals surface area (Å²) in [7, 11) is 1.68. The zero-order chi connectivity index (χ0) is 17.5. The van der Waals surface area contributed by atoms with Crippen molar-refractivity contribution in [2.75, 3.05) is 31.6 Å². The number of methoxy groups -OCH3 is 1. The van der Waals surface area contributed by atoms with Gasteiger partial charge in [0, 0.05) is 43.7 Å². The number of hydrogen-bond acceptors (Lipinski definition) is 4. The topological polar surface area (TPSA) is 54.5 Å². The van der Waals surface area contributed by atoms with Crippen molar-refractivity contribution in [2.24, 2.45) is 5.92 Å². The molecule has 0 spiro atoms. The minimum atomic E-state index is -0.0783. The fraction of sp³-hybridized carbons (Fsp3) is 0.300. The highest BCUT2D eigenvalue weighted by molar-refractivity contribution is 5.91. The minimum Gasteiger partial charge on any atom is -0.497 e. The maximum absolute atomic E-state index is 12.0. The van der Waals surface area contributed by atoms with Crippen molar-refractivity contribution >= 4 is 17.7 Å². The molecule has 5 heteroatoms. The average molecular weight is 337 g/mol. The van der Waals surface area contributed by atoms with Crippen molar-refractivity contribution in [3.8, 4) is 5.75 Å². The van der Waals surface area contributed by atoms with Crippen molar-refractivity contribution in [1.82, 2.24) is 10.3 Å². The number of rotatable bonds is 6. The van der Waals surface area contributed by atoms with Crippen LogP contribution in [0.2, 0.25) is 0 Å². The van der Waals surface area contributed by atoms with Crippen molar-refractivity contribution in [1.29, 1.82) is 0 Å². The summed E-state index contributed by atoms with van der Waals surface area (Å²) in [6, 6.07) is 13.7. The van der Waals surface area contributed by atoms with E-state index in [9.17, 15) is 4.79 Å². The number of carbonyl (C=O) groups is 1. The number of hydrogen-bond donors (Lipinski definition) is 1. The minimum absolute atomic E-state index is 0.0783. The number of nitrogens with zero attached hydrogens (tertiary/aromatic N) is 2. The first kappa shape index (κ1) is 17.0. The van der Waals surface area contributed by atoms with Gasteiger partial charge < -0.3 is 15.0 Å². The van der Waals surface area contributed by atoms with Gasteiger partial charge in [-0.15, -0.1) is 0 Å². The molecular formula is C20H23N3O2. The predicted octanol–water partition coefficient (Wildman–Crippen LogP) is 2.75. The summed E-state index contributed by atoms with van der Waals surface area (Å²) in [5.41, 5.74) is 1.95. The Labute approximate surface area is 148 Å². The second kappa shape index (κ2) is 8.33. The lowest BCUT2D eigenvalue weighted by molar-refractivity contribution is -0.116. The van der Waals surface area contributed by atoms with E-state index in [2.05, 4.69) is 27.3 Å². The van der Waals surface area contributed by atoms with Crippen LogP contribution < -0.4 is 15.0 Å². The molecule has 2 heterocycles. The highest BCUT2D eigenvalue weighted by Gasteiger charge is 2.23. The first-order valence-electron chi connectivity index (χ1n) is 8.50. The Morgan fingerprint density at radius 1 is 1.36 bits per heavy atom. The highest BCUT2D eigenvalue weighted by Crippen LogP contribution is 2.26. The van der Waals surface area contributed by atoms with Crippen LogP contribution >= 0.6 is 0 Å². The Kier molecular flexibility index (Phi) is 5.67. The smallest absolute Gasteiger partial charge is 0.244 e. The first-order chi connectivity index (χ1) is 12.2. The van der Waals surface area contributed by atoms with E-state index in [1.165, 1.54) is 11.8 Å². The molecule has 0 aliphatic carbocycles. The second-order valence-electron chi connectivity index (χ2n) is 6.14. The SMILES string of the molecule is COc1cccc(N2CC[C@H](CNC(=O)/C=C/c3ccccn3)C2)c1. The first-order valence-corrected chi connectivity index (χ1v) is 8.50. The zero-order valence-electron chi connectivity index (χ0n) is 14.4. The predicted molar refractivity (Wildman–Crippen MR) is 99.6 cm³/mol. The van der Waals surface area contributed by atoms with E-state index >= 15 is 0 Å². The molecule has 1 fully saturated rings. The molecule has 0 unspecified atom stereocenters. The van der Waals surface area contributed by atoms with E-state index in [4.69, 9.17) is 4.74 Å². The number of nitrogens with one attached hydrogen (secondary N) is 1. The molecule has 1 saturated heterocycles. The quantitative estimate of drug-likeness (QED) is 0.824. The van der Waals surface area contributed by atoms with Gasteiger partial charge in [0.25, 0.3) is 0 Å². The molecule has 1 aromatic heterocycles. The number of carbonyl (C=O) groups excluding carboxylic acids is 1. The number of aromatic nitrogens is 1. The van der Waals surface area contributed by atoms with E-state index in [1.54, 1.807) is 19.4 Å². The molecule has 130 valence electrons. The number of amides is 1. The largest absolute Gasteiger partial charge is 0.497 e. The molecule has 3 rings (SSSR count). The third kappa shape index (κ3) is 4.83. The Morgan fingerprint density at radius 2 is 2.28 bits per heavy atom. The molecule has 1 aliphatic rings. The molecule has 1 aliphatic heterocycles. The summed E-state index contributed by atoms with van der Waals surface area (Å²) in [6.45, 7) is 2.63. The number of ether oxygens (including phenoxy) is 1. The van der Waals surface area contributed by atoms with Crippen LogP contribution in [0.25, 0.3) is 6.08 Å². The summed E-state index contributed by atoms with van der Waals surface area (Å²) in [4.78, 5) is 18.5. The summed E-state index contributed by atoms with van der Waals surface area (Å²) in [6.07, 6.45) is 6.05. The van der Waals surface area contributed by atoms with Gasteiger partial charge in [-0.25, -0.2) is 0 Å². The van der Waals surface area contributed by atoms with Gasteiger partial charge in [-0.2, -0.15) is 0 Å². The van der Waals surface area contributed by atoms with E-state index in [0.29, 0.717) is 12.5 Å². The summed E-state index contributed by atoms with van der Waals surface area (Å²) in [5.74, 6) is 1.25. The number of pyridine rings is 1. The fourth-order valence-electron chi connectivity index (χ4n) is 2.98. The van der Waals surface area contributed by atoms with Gasteiger partial charge in [-0.05, 0) is 42.7 Å². The molecule has 0 saturated carbocycles. The molecule has 1 N–H and O–H groups in total. The Hall–Kier alpha value is -2.82. The van der Waals surface area contributed by atoms with Crippen molar-refractivity contribution < 1.29 is 9.53 Å². The van der Waals surface area contributed by atoms with Crippen LogP contribution in [0.4, 0.5) is 5.69 Å². The van der Waals surface area contributed by atoms with Crippen molar-refractivity contribution in [2.45, 2.75) is 6.42 Å². The highest BCUT2D eigenvalue weighted by atomic mass is 16.5. The Bertz CT molecular complexity index is 731. The molecule has 1 amide bonds. The Morgan fingerprint density at radius 3 is 3.08 bits per heavy atom. The van der Waals surface area contributed by atoms with Crippen LogP contribution in [0.15, 0.2) is 54.7 Å². The zero-order valence-corrected chi connectivity index (χ0v) is 14.4. The van der Waals surface area contributed by atoms with E-state index in [-0.39, 0.29) is 5.91 Å². The molecule has 5 nitrogen and oxygen atoms in total. The van der Waals surface area contributed by atoms with Gasteiger partial charge in [0.1, 0.15) is 5.75 Å². The number of benzene rings is 1. The molecule has 1 aromatic carbocycles. The van der Waals surface area contributed by atoms with Crippen LogP contribution in [0.5, 0.6) is 5.75 Å². The van der Waals surface area contributed by atoms with Crippen LogP contribution in [-0.2, 0) is 4.79 Å². The number of anilines is 1. The molecule has 2 aromatic rings. The van der Waals surface area contributed by atoms with Gasteiger partial charge in [0.05, 0.1) is 12.8 Å². The molecule has 0 bridgehead atoms. The van der Waals surface area contributed by atoms with Gasteiger partial charge in [-0.1, -0.05) is 12.1 Å². The third-order valence-corrected chi connectivity index (χ3v) is 4.36. The normalized spacial score (nSPS) is 17.0. The molecular weight excluding hydrogens is 314 g/mol. The lowest BCUT2D eigenvalue weighted by Gasteiger charge is -2.19. The second-order valence-corrected chi connectivity index (χ2v) is 6.14. The van der Waals surface area contributed by atoms with Gasteiger partial charge >= 0.3 is 0 Å². The lowest BCUT2D eigenvalue weighted by Crippen LogP contribution is -2.29. The van der Waals surface area contributed by atoms with Crippen LogP contribution in [-0.4, -0.2) is 37.6 Å². The summed E-state index contributed by atoms with van der Waals surface area (Å²) >= 11 is 0. The van der Waals surface area contributed by atoms with Crippen LogP contribution in [0.3, 0.4) is 0 Å². The maximum Gasteiger partial charge on any atom is 0.244 e. The van der Waals surface area contributed by atoms with E-state index in [0.717, 1.165) is 31.0 Å². The molecule has 1 atom stereocenters. The molecule has 25 heavy (non-hydrogen) atoms. The van der Waals surface area contributed by atoms with Gasteiger partial charge in [0.15, 0.2) is 0 Å². The van der Waals surface area contributed by atoms with Crippen LogP contribution in [0.1, 0.15) is 12.1 Å². The van der Waals surface area contributed by atoms with E-state index < -0.39 is 0 Å². The van der Waals surface area contributed by atoms with Crippen molar-refractivity contribution in [3.05, 3.63) is 60.4 Å². The van der Waals surface area contributed by atoms with Crippen molar-refractivity contribution in [3.63, 3.8) is 0 Å². The average Bonchev–Trinajstić information content (AvgIpc) is 3.15. The van der Waals surface area contributed by atoms with Gasteiger partial charge in [0.2, 0.25) is 5.91 Å². The molecule has 0 radical (unpaired) electrons. The summed E-state index contributed by atoms with van der Waals surface area (Å²) in [5, 5.41) is 2.98. The Balaban J connectivity index is 1.46. The summed E-state index contributed by atoms with van der Waals surface area (Å²) < 4.78 is 5.29. The fourth-order valence-corrected chi connectivity index (χ4v) is 2.98. The standard InChI is InChI=1S/C20H23N3O2/c1-25-19-7-4-6-18(13-19)23-12-10-16(15-23)14-22-20(24)9-8-17-5-2-3-11-21-17/h2-9,11,13,16H,10,12,14-15H2,1H3,(H,22,24)/b9-8+/t16-/m1/s1. The third-order valence-electron chi connectivity index (χ3n) is 4.36.